The maximum atomic E-state index is 8.77. The van der Waals surface area contributed by atoms with E-state index in [-0.39, 0.29) is 0 Å². The number of nitrogens with zero attached hydrogens (tertiary/aromatic N) is 1. The van der Waals surface area contributed by atoms with Crippen molar-refractivity contribution < 1.29 is 5.11 Å². The third kappa shape index (κ3) is 3.76. The van der Waals surface area contributed by atoms with E-state index >= 15 is 0 Å². The fourth-order valence-corrected chi connectivity index (χ4v) is 2.92. The van der Waals surface area contributed by atoms with Crippen LogP contribution in [0.1, 0.15) is 52.4 Å². The topological polar surface area (TPSA) is 23.5 Å². The summed E-state index contributed by atoms with van der Waals surface area (Å²) in [6, 6.07) is 0.741. The average Bonchev–Trinajstić information content (AvgIpc) is 2.17. The highest BCUT2D eigenvalue weighted by Crippen LogP contribution is 2.38. The van der Waals surface area contributed by atoms with Crippen LogP contribution in [-0.4, -0.2) is 36.2 Å². The molecule has 0 spiro atoms. The first-order valence-electron chi connectivity index (χ1n) is 6.39. The van der Waals surface area contributed by atoms with Gasteiger partial charge in [0.15, 0.2) is 0 Å². The van der Waals surface area contributed by atoms with Crippen LogP contribution in [0.2, 0.25) is 0 Å². The second-order valence-corrected chi connectivity index (χ2v) is 5.66. The Morgan fingerprint density at radius 3 is 2.60 bits per heavy atom. The molecule has 90 valence electrons. The Morgan fingerprint density at radius 1 is 1.27 bits per heavy atom. The minimum absolute atomic E-state index is 0.335. The Hall–Kier alpha value is -0.0800. The Morgan fingerprint density at radius 2 is 2.00 bits per heavy atom. The smallest absolute Gasteiger partial charge is 0.0431 e. The molecule has 1 N–H and O–H groups in total. The maximum Gasteiger partial charge on any atom is 0.0431 e. The Balaban J connectivity index is 2.38. The second-order valence-electron chi connectivity index (χ2n) is 5.66. The van der Waals surface area contributed by atoms with Gasteiger partial charge in [-0.2, -0.15) is 0 Å². The van der Waals surface area contributed by atoms with Gasteiger partial charge in [0, 0.05) is 12.6 Å². The van der Waals surface area contributed by atoms with Crippen molar-refractivity contribution in [2.45, 2.75) is 58.4 Å². The molecule has 0 radical (unpaired) electrons. The van der Waals surface area contributed by atoms with Crippen LogP contribution < -0.4 is 0 Å². The summed E-state index contributed by atoms with van der Waals surface area (Å²) >= 11 is 0. The molecule has 0 amide bonds. The maximum absolute atomic E-state index is 8.77. The van der Waals surface area contributed by atoms with Gasteiger partial charge in [0.1, 0.15) is 0 Å². The number of unbranched alkanes of at least 4 members (excludes halogenated alkanes) is 1. The Bertz CT molecular complexity index is 179. The standard InChI is InChI=1S/C13H27NO/c1-13(2)9-5-4-8-12(13)14(3)10-6-7-11-15/h12,15H,4-11H2,1-3H3. The number of hydrogen-bond acceptors (Lipinski definition) is 2. The first-order chi connectivity index (χ1) is 7.08. The van der Waals surface area contributed by atoms with Gasteiger partial charge in [0.05, 0.1) is 0 Å². The zero-order valence-electron chi connectivity index (χ0n) is 10.6. The van der Waals surface area contributed by atoms with E-state index in [1.165, 1.54) is 25.7 Å². The summed E-state index contributed by atoms with van der Waals surface area (Å²) in [5, 5.41) is 8.77. The van der Waals surface area contributed by atoms with E-state index in [2.05, 4.69) is 25.8 Å². The van der Waals surface area contributed by atoms with Crippen LogP contribution >= 0.6 is 0 Å². The molecule has 1 unspecified atom stereocenters. The molecule has 2 heteroatoms. The summed E-state index contributed by atoms with van der Waals surface area (Å²) in [7, 11) is 2.25. The second kappa shape index (κ2) is 5.86. The zero-order chi connectivity index (χ0) is 11.3. The highest BCUT2D eigenvalue weighted by atomic mass is 16.2. The van der Waals surface area contributed by atoms with E-state index in [1.807, 2.05) is 0 Å². The lowest BCUT2D eigenvalue weighted by atomic mass is 9.72. The Labute approximate surface area is 94.7 Å². The number of hydrogen-bond donors (Lipinski definition) is 1. The van der Waals surface area contributed by atoms with Gasteiger partial charge in [0.25, 0.3) is 0 Å². The van der Waals surface area contributed by atoms with Crippen LogP contribution in [0.5, 0.6) is 0 Å². The number of aliphatic hydroxyl groups is 1. The van der Waals surface area contributed by atoms with Crippen molar-refractivity contribution in [3.8, 4) is 0 Å². The zero-order valence-corrected chi connectivity index (χ0v) is 10.6. The molecular weight excluding hydrogens is 186 g/mol. The van der Waals surface area contributed by atoms with E-state index in [9.17, 15) is 0 Å². The highest BCUT2D eigenvalue weighted by molar-refractivity contribution is 4.88. The summed E-state index contributed by atoms with van der Waals surface area (Å²) < 4.78 is 0. The average molecular weight is 213 g/mol. The molecule has 1 aliphatic rings. The van der Waals surface area contributed by atoms with Gasteiger partial charge < -0.3 is 10.0 Å². The van der Waals surface area contributed by atoms with Crippen molar-refractivity contribution in [3.63, 3.8) is 0 Å². The summed E-state index contributed by atoms with van der Waals surface area (Å²) in [5.41, 5.74) is 0.478. The first-order valence-corrected chi connectivity index (χ1v) is 6.39. The van der Waals surface area contributed by atoms with Crippen molar-refractivity contribution in [2.24, 2.45) is 5.41 Å². The third-order valence-corrected chi connectivity index (χ3v) is 3.90. The SMILES string of the molecule is CN(CCCCO)C1CCCCC1(C)C. The Kier molecular flexibility index (Phi) is 5.07. The predicted molar refractivity (Wildman–Crippen MR) is 65.0 cm³/mol. The summed E-state index contributed by atoms with van der Waals surface area (Å²) in [4.78, 5) is 2.51. The van der Waals surface area contributed by atoms with E-state index < -0.39 is 0 Å². The molecule has 0 aromatic carbocycles. The summed E-state index contributed by atoms with van der Waals surface area (Å²) in [6.45, 7) is 6.27. The summed E-state index contributed by atoms with van der Waals surface area (Å²) in [5.74, 6) is 0. The van der Waals surface area contributed by atoms with Crippen LogP contribution in [0, 0.1) is 5.41 Å². The molecular formula is C13H27NO. The van der Waals surface area contributed by atoms with Gasteiger partial charge in [-0.25, -0.2) is 0 Å². The lowest BCUT2D eigenvalue weighted by molar-refractivity contribution is 0.0659. The number of rotatable bonds is 5. The fraction of sp³-hybridized carbons (Fsp3) is 1.00. The van der Waals surface area contributed by atoms with Gasteiger partial charge >= 0.3 is 0 Å². The molecule has 15 heavy (non-hydrogen) atoms. The molecule has 1 atom stereocenters. The van der Waals surface area contributed by atoms with Crippen molar-refractivity contribution >= 4 is 0 Å². The molecule has 1 saturated carbocycles. The minimum atomic E-state index is 0.335. The van der Waals surface area contributed by atoms with Crippen molar-refractivity contribution in [2.75, 3.05) is 20.2 Å². The molecule has 0 bridgehead atoms. The first kappa shape index (κ1) is 13.0. The third-order valence-electron chi connectivity index (χ3n) is 3.90. The fourth-order valence-electron chi connectivity index (χ4n) is 2.92. The molecule has 0 heterocycles. The lowest BCUT2D eigenvalue weighted by Crippen LogP contribution is -2.45. The molecule has 2 nitrogen and oxygen atoms in total. The molecule has 1 rings (SSSR count). The van der Waals surface area contributed by atoms with Crippen molar-refractivity contribution in [3.05, 3.63) is 0 Å². The number of aliphatic hydroxyl groups excluding tert-OH is 1. The van der Waals surface area contributed by atoms with E-state index in [1.54, 1.807) is 0 Å². The molecule has 1 aliphatic carbocycles. The quantitative estimate of drug-likeness (QED) is 0.710. The van der Waals surface area contributed by atoms with E-state index in [4.69, 9.17) is 5.11 Å². The minimum Gasteiger partial charge on any atom is -0.396 e. The van der Waals surface area contributed by atoms with Crippen LogP contribution in [0.3, 0.4) is 0 Å². The monoisotopic (exact) mass is 213 g/mol. The predicted octanol–water partition coefficient (Wildman–Crippen LogP) is 2.66. The molecule has 1 fully saturated rings. The van der Waals surface area contributed by atoms with Gasteiger partial charge in [-0.15, -0.1) is 0 Å². The van der Waals surface area contributed by atoms with Crippen molar-refractivity contribution in [1.82, 2.24) is 4.90 Å². The van der Waals surface area contributed by atoms with Crippen LogP contribution in [0.25, 0.3) is 0 Å². The van der Waals surface area contributed by atoms with Crippen LogP contribution in [-0.2, 0) is 0 Å². The van der Waals surface area contributed by atoms with Gasteiger partial charge in [-0.05, 0) is 44.7 Å². The van der Waals surface area contributed by atoms with Gasteiger partial charge in [0.2, 0.25) is 0 Å². The van der Waals surface area contributed by atoms with Crippen LogP contribution in [0.4, 0.5) is 0 Å². The normalized spacial score (nSPS) is 25.8. The van der Waals surface area contributed by atoms with E-state index in [0.29, 0.717) is 12.0 Å². The van der Waals surface area contributed by atoms with Gasteiger partial charge in [-0.3, -0.25) is 0 Å². The van der Waals surface area contributed by atoms with Gasteiger partial charge in [-0.1, -0.05) is 26.7 Å². The molecule has 0 aromatic rings. The lowest BCUT2D eigenvalue weighted by Gasteiger charge is -2.44. The summed E-state index contributed by atoms with van der Waals surface area (Å²) in [6.07, 6.45) is 7.56. The molecule has 0 aromatic heterocycles. The highest BCUT2D eigenvalue weighted by Gasteiger charge is 2.34. The van der Waals surface area contributed by atoms with Crippen molar-refractivity contribution in [1.29, 1.82) is 0 Å². The molecule has 0 aliphatic heterocycles. The van der Waals surface area contributed by atoms with Crippen LogP contribution in [0.15, 0.2) is 0 Å². The van der Waals surface area contributed by atoms with E-state index in [0.717, 1.165) is 25.4 Å². The largest absolute Gasteiger partial charge is 0.396 e. The molecule has 0 saturated heterocycles.